The van der Waals surface area contributed by atoms with Crippen LogP contribution < -0.4 is 15.8 Å². The Morgan fingerprint density at radius 2 is 1.87 bits per heavy atom. The number of pyridine rings is 1. The molecule has 46 heavy (non-hydrogen) atoms. The van der Waals surface area contributed by atoms with Crippen molar-refractivity contribution in [3.8, 4) is 5.75 Å². The zero-order valence-electron chi connectivity index (χ0n) is 26.1. The molecule has 1 saturated heterocycles. The van der Waals surface area contributed by atoms with E-state index in [4.69, 9.17) is 15.2 Å². The number of fused-ring (bicyclic) bond motifs is 1. The van der Waals surface area contributed by atoms with E-state index in [1.807, 2.05) is 6.07 Å². The first-order chi connectivity index (χ1) is 22.0. The number of likely N-dealkylation sites (tertiary alicyclic amines) is 1. The van der Waals surface area contributed by atoms with E-state index in [1.54, 1.807) is 63.4 Å². The highest BCUT2D eigenvalue weighted by atomic mass is 32.2. The number of halogens is 1. The molecule has 242 valence electrons. The summed E-state index contributed by atoms with van der Waals surface area (Å²) < 4.78 is 52.2. The summed E-state index contributed by atoms with van der Waals surface area (Å²) in [5.74, 6) is -2.07. The quantitative estimate of drug-likeness (QED) is 0.215. The van der Waals surface area contributed by atoms with E-state index in [-0.39, 0.29) is 30.2 Å². The van der Waals surface area contributed by atoms with Crippen molar-refractivity contribution in [1.29, 1.82) is 0 Å². The summed E-state index contributed by atoms with van der Waals surface area (Å²) in [6.45, 7) is 5.14. The van der Waals surface area contributed by atoms with Gasteiger partial charge in [-0.15, -0.1) is 0 Å². The number of rotatable bonds is 10. The lowest BCUT2D eigenvalue weighted by Gasteiger charge is -2.33. The van der Waals surface area contributed by atoms with Crippen molar-refractivity contribution >= 4 is 44.0 Å². The number of carbonyl (C=O) groups excluding carboxylic acids is 2. The first-order valence-electron chi connectivity index (χ1n) is 15.0. The Morgan fingerprint density at radius 1 is 1.11 bits per heavy atom. The third kappa shape index (κ3) is 6.21. The number of nitrogens with zero attached hydrogens (tertiary/aromatic N) is 2. The highest BCUT2D eigenvalue weighted by Crippen LogP contribution is 2.43. The number of amides is 1. The summed E-state index contributed by atoms with van der Waals surface area (Å²) in [5.41, 5.74) is 7.35. The number of esters is 1. The van der Waals surface area contributed by atoms with E-state index in [9.17, 15) is 22.4 Å². The fourth-order valence-electron chi connectivity index (χ4n) is 5.93. The van der Waals surface area contributed by atoms with Crippen LogP contribution in [0.5, 0.6) is 5.75 Å². The van der Waals surface area contributed by atoms with Gasteiger partial charge in [0.05, 0.1) is 35.8 Å². The Morgan fingerprint density at radius 3 is 2.59 bits per heavy atom. The van der Waals surface area contributed by atoms with Gasteiger partial charge >= 0.3 is 5.97 Å². The number of anilines is 2. The molecule has 0 spiro atoms. The highest BCUT2D eigenvalue weighted by molar-refractivity contribution is 7.92. The molecule has 3 N–H and O–H groups in total. The van der Waals surface area contributed by atoms with Crippen molar-refractivity contribution < 1.29 is 31.9 Å². The average Bonchev–Trinajstić information content (AvgIpc) is 3.49. The van der Waals surface area contributed by atoms with Crippen LogP contribution in [0.2, 0.25) is 0 Å². The lowest BCUT2D eigenvalue weighted by Crippen LogP contribution is -2.40. The molecule has 3 atom stereocenters. The van der Waals surface area contributed by atoms with Gasteiger partial charge < -0.3 is 25.4 Å². The van der Waals surface area contributed by atoms with Crippen LogP contribution in [0, 0.1) is 11.7 Å². The van der Waals surface area contributed by atoms with Crippen LogP contribution in [-0.2, 0) is 24.2 Å². The molecular weight excluding hydrogens is 611 g/mol. The average molecular weight is 649 g/mol. The zero-order chi connectivity index (χ0) is 33.2. The molecule has 1 amide bonds. The number of benzene rings is 3. The zero-order valence-corrected chi connectivity index (χ0v) is 26.9. The van der Waals surface area contributed by atoms with Crippen molar-refractivity contribution in [3.63, 3.8) is 0 Å². The van der Waals surface area contributed by atoms with Crippen molar-refractivity contribution in [2.75, 3.05) is 31.3 Å². The van der Waals surface area contributed by atoms with Gasteiger partial charge in [-0.1, -0.05) is 24.3 Å². The molecule has 4 aromatic rings. The number of nitrogens with two attached hydrogens (primary N) is 1. The van der Waals surface area contributed by atoms with Crippen LogP contribution in [0.3, 0.4) is 0 Å². The number of ether oxygens (including phenoxy) is 2. The normalized spacial score (nSPS) is 17.2. The number of hydrogen-bond donors (Lipinski definition) is 2. The van der Waals surface area contributed by atoms with Crippen molar-refractivity contribution in [3.05, 3.63) is 89.9 Å². The number of nitrogen functional groups attached to an aromatic ring is 1. The summed E-state index contributed by atoms with van der Waals surface area (Å²) in [4.78, 5) is 33.8. The van der Waals surface area contributed by atoms with Gasteiger partial charge in [0.15, 0.2) is 21.4 Å². The van der Waals surface area contributed by atoms with Gasteiger partial charge in [-0.25, -0.2) is 17.8 Å². The fourth-order valence-corrected chi connectivity index (χ4v) is 7.22. The number of hydrogen-bond acceptors (Lipinski definition) is 9. The summed E-state index contributed by atoms with van der Waals surface area (Å²) in [6, 6.07) is 15.7. The van der Waals surface area contributed by atoms with Gasteiger partial charge in [0.25, 0.3) is 0 Å². The van der Waals surface area contributed by atoms with Gasteiger partial charge in [0.2, 0.25) is 5.91 Å². The van der Waals surface area contributed by atoms with Gasteiger partial charge in [-0.05, 0) is 86.2 Å². The Labute approximate surface area is 267 Å². The molecule has 10 nitrogen and oxygen atoms in total. The van der Waals surface area contributed by atoms with Gasteiger partial charge in [-0.3, -0.25) is 9.59 Å². The minimum Gasteiger partial charge on any atom is -0.494 e. The molecule has 0 bridgehead atoms. The second kappa shape index (κ2) is 13.3. The molecule has 0 aliphatic carbocycles. The third-order valence-corrected chi connectivity index (χ3v) is 10.5. The SMILES string of the molecule is CCOC(=O)[C@H]1CCN(C(=O)[C@@H](Nc2ccc3c(N)nccc3c2)c2ccc(F)c(OC)c2)[C@H]1c1ccccc1S(=O)(=O)C(C)C. The second-order valence-electron chi connectivity index (χ2n) is 11.4. The molecule has 1 aliphatic rings. The monoisotopic (exact) mass is 648 g/mol. The standard InChI is InChI=1S/C34H37FN4O6S/c1-5-45-34(41)26-15-17-39(31(26)25-8-6-7-9-29(25)46(42,43)20(2)3)33(40)30(22-10-13-27(35)28(19-22)44-4)38-23-11-12-24-21(18-23)14-16-37-32(24)36/h6-14,16,18-20,26,30-31,38H,5,15,17H2,1-4H3,(H2,36,37)/t26-,30-,31-/m0/s1. The molecule has 3 aromatic carbocycles. The molecule has 5 rings (SSSR count). The highest BCUT2D eigenvalue weighted by Gasteiger charge is 2.46. The molecule has 2 heterocycles. The minimum atomic E-state index is -3.79. The van der Waals surface area contributed by atoms with Crippen LogP contribution in [-0.4, -0.2) is 55.7 Å². The van der Waals surface area contributed by atoms with E-state index < -0.39 is 50.8 Å². The Hall–Kier alpha value is -4.71. The molecule has 1 fully saturated rings. The molecular formula is C34H37FN4O6S. The van der Waals surface area contributed by atoms with Crippen molar-refractivity contribution in [2.45, 2.75) is 49.4 Å². The van der Waals surface area contributed by atoms with E-state index in [2.05, 4.69) is 10.3 Å². The molecule has 0 radical (unpaired) electrons. The van der Waals surface area contributed by atoms with Crippen LogP contribution in [0.1, 0.15) is 50.4 Å². The topological polar surface area (TPSA) is 141 Å². The Bertz CT molecular complexity index is 1880. The number of nitrogens with one attached hydrogen (secondary N) is 1. The van der Waals surface area contributed by atoms with E-state index in [1.165, 1.54) is 36.3 Å². The predicted octanol–water partition coefficient (Wildman–Crippen LogP) is 5.45. The van der Waals surface area contributed by atoms with Crippen molar-refractivity contribution in [1.82, 2.24) is 9.88 Å². The maximum atomic E-state index is 14.8. The lowest BCUT2D eigenvalue weighted by molar-refractivity contribution is -0.149. The van der Waals surface area contributed by atoms with Crippen molar-refractivity contribution in [2.24, 2.45) is 5.92 Å². The van der Waals surface area contributed by atoms with E-state index >= 15 is 0 Å². The smallest absolute Gasteiger partial charge is 0.311 e. The molecule has 0 saturated carbocycles. The van der Waals surface area contributed by atoms with E-state index in [0.717, 1.165) is 10.8 Å². The number of methoxy groups -OCH3 is 1. The van der Waals surface area contributed by atoms with Crippen LogP contribution in [0.25, 0.3) is 10.8 Å². The number of aromatic nitrogens is 1. The molecule has 1 aromatic heterocycles. The first-order valence-corrected chi connectivity index (χ1v) is 16.6. The van der Waals surface area contributed by atoms with Crippen LogP contribution in [0.4, 0.5) is 15.9 Å². The Kier molecular flexibility index (Phi) is 9.47. The van der Waals surface area contributed by atoms with Crippen LogP contribution >= 0.6 is 0 Å². The van der Waals surface area contributed by atoms with Gasteiger partial charge in [-0.2, -0.15) is 0 Å². The fraction of sp³-hybridized carbons (Fsp3) is 0.324. The maximum absolute atomic E-state index is 14.8. The second-order valence-corrected chi connectivity index (χ2v) is 13.8. The first kappa shape index (κ1) is 32.7. The van der Waals surface area contributed by atoms with Crippen LogP contribution in [0.15, 0.2) is 77.8 Å². The predicted molar refractivity (Wildman–Crippen MR) is 173 cm³/mol. The molecule has 0 unspecified atom stereocenters. The Balaban J connectivity index is 1.64. The summed E-state index contributed by atoms with van der Waals surface area (Å²) in [5, 5.41) is 4.08. The summed E-state index contributed by atoms with van der Waals surface area (Å²) in [6.07, 6.45) is 1.84. The van der Waals surface area contributed by atoms with Gasteiger partial charge in [0.1, 0.15) is 11.9 Å². The van der Waals surface area contributed by atoms with E-state index in [0.29, 0.717) is 22.6 Å². The minimum absolute atomic E-state index is 0.0507. The molecule has 12 heteroatoms. The number of carbonyl (C=O) groups is 2. The maximum Gasteiger partial charge on any atom is 0.311 e. The van der Waals surface area contributed by atoms with Gasteiger partial charge in [0, 0.05) is 23.8 Å². The number of sulfone groups is 1. The summed E-state index contributed by atoms with van der Waals surface area (Å²) in [7, 11) is -2.46. The molecule has 1 aliphatic heterocycles. The summed E-state index contributed by atoms with van der Waals surface area (Å²) >= 11 is 0. The largest absolute Gasteiger partial charge is 0.494 e. The lowest BCUT2D eigenvalue weighted by atomic mass is 9.93. The third-order valence-electron chi connectivity index (χ3n) is 8.30.